The summed E-state index contributed by atoms with van der Waals surface area (Å²) in [7, 11) is 1.98. The molecule has 0 amide bonds. The number of rotatable bonds is 5. The molecule has 0 aliphatic carbocycles. The van der Waals surface area contributed by atoms with Crippen molar-refractivity contribution in [3.8, 4) is 0 Å². The molecule has 0 aliphatic rings. The van der Waals surface area contributed by atoms with Crippen LogP contribution in [0.25, 0.3) is 0 Å². The van der Waals surface area contributed by atoms with Crippen molar-refractivity contribution in [2.24, 2.45) is 5.92 Å². The predicted octanol–water partition coefficient (Wildman–Crippen LogP) is 3.28. The van der Waals surface area contributed by atoms with Gasteiger partial charge in [-0.2, -0.15) is 0 Å². The zero-order valence-corrected chi connectivity index (χ0v) is 10.3. The molecule has 0 spiro atoms. The maximum absolute atomic E-state index is 13.2. The molecule has 2 N–H and O–H groups in total. The number of anilines is 2. The summed E-state index contributed by atoms with van der Waals surface area (Å²) in [4.78, 5) is 2.06. The lowest BCUT2D eigenvalue weighted by Crippen LogP contribution is -2.19. The van der Waals surface area contributed by atoms with Crippen molar-refractivity contribution in [2.45, 2.75) is 26.7 Å². The van der Waals surface area contributed by atoms with E-state index in [9.17, 15) is 4.39 Å². The van der Waals surface area contributed by atoms with E-state index in [2.05, 4.69) is 18.7 Å². The van der Waals surface area contributed by atoms with Crippen molar-refractivity contribution in [1.29, 1.82) is 0 Å². The first-order valence-electron chi connectivity index (χ1n) is 5.77. The van der Waals surface area contributed by atoms with E-state index >= 15 is 0 Å². The Morgan fingerprint density at radius 1 is 1.38 bits per heavy atom. The molecule has 0 saturated carbocycles. The quantitative estimate of drug-likeness (QED) is 0.778. The first-order valence-corrected chi connectivity index (χ1v) is 5.77. The molecule has 0 aliphatic heterocycles. The van der Waals surface area contributed by atoms with Gasteiger partial charge >= 0.3 is 0 Å². The highest BCUT2D eigenvalue weighted by Gasteiger charge is 2.04. The summed E-state index contributed by atoms with van der Waals surface area (Å²) in [6.45, 7) is 5.37. The Bertz CT molecular complexity index is 337. The van der Waals surface area contributed by atoms with Crippen LogP contribution in [0.1, 0.15) is 26.7 Å². The van der Waals surface area contributed by atoms with Crippen molar-refractivity contribution < 1.29 is 4.39 Å². The van der Waals surface area contributed by atoms with Gasteiger partial charge in [0.2, 0.25) is 0 Å². The predicted molar refractivity (Wildman–Crippen MR) is 68.2 cm³/mol. The second kappa shape index (κ2) is 5.73. The van der Waals surface area contributed by atoms with Gasteiger partial charge in [0.05, 0.1) is 5.69 Å². The molecule has 0 saturated heterocycles. The summed E-state index contributed by atoms with van der Waals surface area (Å²) < 4.78 is 13.2. The Balaban J connectivity index is 2.52. The molecule has 1 aromatic carbocycles. The average molecular weight is 224 g/mol. The number of halogens is 1. The first-order chi connectivity index (χ1) is 7.50. The number of benzene rings is 1. The fourth-order valence-corrected chi connectivity index (χ4v) is 1.62. The fourth-order valence-electron chi connectivity index (χ4n) is 1.62. The number of nitrogens with two attached hydrogens (primary N) is 1. The monoisotopic (exact) mass is 224 g/mol. The maximum Gasteiger partial charge on any atom is 0.148 e. The smallest absolute Gasteiger partial charge is 0.148 e. The van der Waals surface area contributed by atoms with Crippen LogP contribution in [-0.2, 0) is 0 Å². The summed E-state index contributed by atoms with van der Waals surface area (Å²) in [6.07, 6.45) is 2.32. The van der Waals surface area contributed by atoms with Crippen LogP contribution in [0, 0.1) is 11.7 Å². The van der Waals surface area contributed by atoms with Crippen LogP contribution in [0.5, 0.6) is 0 Å². The second-order valence-corrected chi connectivity index (χ2v) is 4.66. The first kappa shape index (κ1) is 12.8. The highest BCUT2D eigenvalue weighted by atomic mass is 19.1. The van der Waals surface area contributed by atoms with E-state index < -0.39 is 0 Å². The van der Waals surface area contributed by atoms with Crippen molar-refractivity contribution in [3.05, 3.63) is 24.0 Å². The Morgan fingerprint density at radius 3 is 2.62 bits per heavy atom. The molecule has 0 bridgehead atoms. The van der Waals surface area contributed by atoms with Gasteiger partial charge in [-0.25, -0.2) is 4.39 Å². The molecular weight excluding hydrogens is 203 g/mol. The molecule has 2 nitrogen and oxygen atoms in total. The van der Waals surface area contributed by atoms with E-state index in [1.807, 2.05) is 13.1 Å². The standard InChI is InChI=1S/C13H21FN2/c1-10(2)5-4-8-16(3)11-6-7-13(15)12(14)9-11/h6-7,9-10H,4-5,8,15H2,1-3H3. The van der Waals surface area contributed by atoms with Gasteiger partial charge in [-0.15, -0.1) is 0 Å². The Labute approximate surface area is 97.3 Å². The Morgan fingerprint density at radius 2 is 2.06 bits per heavy atom. The van der Waals surface area contributed by atoms with Crippen LogP contribution in [0.4, 0.5) is 15.8 Å². The van der Waals surface area contributed by atoms with Crippen LogP contribution < -0.4 is 10.6 Å². The third-order valence-electron chi connectivity index (χ3n) is 2.70. The summed E-state index contributed by atoms with van der Waals surface area (Å²) in [5.74, 6) is 0.379. The van der Waals surface area contributed by atoms with E-state index in [0.29, 0.717) is 0 Å². The topological polar surface area (TPSA) is 29.3 Å². The number of hydrogen-bond donors (Lipinski definition) is 1. The minimum absolute atomic E-state index is 0.208. The highest BCUT2D eigenvalue weighted by Crippen LogP contribution is 2.19. The van der Waals surface area contributed by atoms with Crippen LogP contribution >= 0.6 is 0 Å². The third kappa shape index (κ3) is 3.72. The lowest BCUT2D eigenvalue weighted by molar-refractivity contribution is 0.555. The number of hydrogen-bond acceptors (Lipinski definition) is 2. The highest BCUT2D eigenvalue weighted by molar-refractivity contribution is 5.53. The molecule has 90 valence electrons. The number of nitrogen functional groups attached to an aromatic ring is 1. The molecule has 3 heteroatoms. The minimum Gasteiger partial charge on any atom is -0.396 e. The van der Waals surface area contributed by atoms with Crippen molar-refractivity contribution in [2.75, 3.05) is 24.2 Å². The Hall–Kier alpha value is -1.25. The Kier molecular flexibility index (Phi) is 4.59. The van der Waals surface area contributed by atoms with E-state index in [1.165, 1.54) is 12.5 Å². The largest absolute Gasteiger partial charge is 0.396 e. The average Bonchev–Trinajstić information content (AvgIpc) is 2.21. The zero-order chi connectivity index (χ0) is 12.1. The SMILES string of the molecule is CC(C)CCCN(C)c1ccc(N)c(F)c1. The van der Waals surface area contributed by atoms with Crippen LogP contribution in [0.15, 0.2) is 18.2 Å². The van der Waals surface area contributed by atoms with Gasteiger partial charge in [-0.1, -0.05) is 13.8 Å². The van der Waals surface area contributed by atoms with E-state index in [1.54, 1.807) is 6.07 Å². The summed E-state index contributed by atoms with van der Waals surface area (Å²) in [5, 5.41) is 0. The van der Waals surface area contributed by atoms with Gasteiger partial charge in [0.25, 0.3) is 0 Å². The maximum atomic E-state index is 13.2. The van der Waals surface area contributed by atoms with Gasteiger partial charge in [-0.3, -0.25) is 0 Å². The fraction of sp³-hybridized carbons (Fsp3) is 0.538. The lowest BCUT2D eigenvalue weighted by atomic mass is 10.1. The number of nitrogens with zero attached hydrogens (tertiary/aromatic N) is 1. The van der Waals surface area contributed by atoms with Crippen LogP contribution in [0.3, 0.4) is 0 Å². The van der Waals surface area contributed by atoms with Crippen LogP contribution in [-0.4, -0.2) is 13.6 Å². The summed E-state index contributed by atoms with van der Waals surface area (Å²) in [5.41, 5.74) is 6.53. The molecule has 0 aromatic heterocycles. The molecule has 1 aromatic rings. The molecule has 1 rings (SSSR count). The van der Waals surface area contributed by atoms with Crippen molar-refractivity contribution in [3.63, 3.8) is 0 Å². The van der Waals surface area contributed by atoms with Gasteiger partial charge < -0.3 is 10.6 Å². The molecule has 0 heterocycles. The summed E-state index contributed by atoms with van der Waals surface area (Å²) in [6, 6.07) is 4.96. The normalized spacial score (nSPS) is 10.8. The molecule has 0 unspecified atom stereocenters. The van der Waals surface area contributed by atoms with E-state index in [0.717, 1.165) is 24.6 Å². The lowest BCUT2D eigenvalue weighted by Gasteiger charge is -2.20. The zero-order valence-electron chi connectivity index (χ0n) is 10.3. The van der Waals surface area contributed by atoms with Crippen molar-refractivity contribution >= 4 is 11.4 Å². The van der Waals surface area contributed by atoms with Crippen molar-refractivity contribution in [1.82, 2.24) is 0 Å². The minimum atomic E-state index is -0.340. The van der Waals surface area contributed by atoms with Gasteiger partial charge in [-0.05, 0) is 37.0 Å². The summed E-state index contributed by atoms with van der Waals surface area (Å²) >= 11 is 0. The molecule has 16 heavy (non-hydrogen) atoms. The second-order valence-electron chi connectivity index (χ2n) is 4.66. The van der Waals surface area contributed by atoms with E-state index in [4.69, 9.17) is 5.73 Å². The van der Waals surface area contributed by atoms with Gasteiger partial charge in [0.1, 0.15) is 5.82 Å². The molecule has 0 fully saturated rings. The van der Waals surface area contributed by atoms with E-state index in [-0.39, 0.29) is 11.5 Å². The molecule has 0 radical (unpaired) electrons. The van der Waals surface area contributed by atoms with Crippen LogP contribution in [0.2, 0.25) is 0 Å². The molecule has 0 atom stereocenters. The van der Waals surface area contributed by atoms with Gasteiger partial charge in [0, 0.05) is 19.3 Å². The van der Waals surface area contributed by atoms with Gasteiger partial charge in [0.15, 0.2) is 0 Å². The third-order valence-corrected chi connectivity index (χ3v) is 2.70. The molecular formula is C13H21FN2.